The van der Waals surface area contributed by atoms with Gasteiger partial charge < -0.3 is 24.2 Å². The first-order valence-corrected chi connectivity index (χ1v) is 12.7. The lowest BCUT2D eigenvalue weighted by molar-refractivity contribution is -0.0416. The van der Waals surface area contributed by atoms with Crippen molar-refractivity contribution >= 4 is 43.4 Å². The monoisotopic (exact) mass is 554 g/mol. The van der Waals surface area contributed by atoms with E-state index in [0.29, 0.717) is 29.7 Å². The molecule has 1 atom stereocenters. The first-order chi connectivity index (χ1) is 18.9. The fraction of sp³-hybridized carbons (Fsp3) is 0.320. The van der Waals surface area contributed by atoms with E-state index in [1.165, 1.54) is 6.20 Å². The molecule has 0 spiro atoms. The predicted molar refractivity (Wildman–Crippen MR) is 136 cm³/mol. The number of morpholine rings is 1. The largest absolute Gasteiger partial charge is 0.465 e. The maximum Gasteiger partial charge on any atom is 0.409 e. The Hall–Kier alpha value is -4.03. The van der Waals surface area contributed by atoms with E-state index in [1.807, 2.05) is 13.1 Å². The van der Waals surface area contributed by atoms with Gasteiger partial charge in [-0.25, -0.2) is 18.6 Å². The SMILES string of the molecule is CN1CCO[C@H](COc2ncc3c4c(c(-c5ncc(F)c6sc(NC(=O)O)c(C#N)c56)c(F)c3n2)COC4)C1. The van der Waals surface area contributed by atoms with Crippen molar-refractivity contribution in [2.24, 2.45) is 0 Å². The third-order valence-corrected chi connectivity index (χ3v) is 7.77. The Kier molecular flexibility index (Phi) is 6.43. The molecule has 4 aromatic rings. The lowest BCUT2D eigenvalue weighted by Gasteiger charge is -2.29. The summed E-state index contributed by atoms with van der Waals surface area (Å²) < 4.78 is 48.2. The van der Waals surface area contributed by atoms with E-state index in [-0.39, 0.29) is 69.4 Å². The molecule has 1 saturated heterocycles. The third kappa shape index (κ3) is 4.39. The number of nitriles is 1. The number of carbonyl (C=O) groups is 1. The molecule has 1 amide bonds. The molecular formula is C25H20F2N6O5S. The molecule has 1 aromatic carbocycles. The molecule has 0 saturated carbocycles. The zero-order chi connectivity index (χ0) is 27.3. The van der Waals surface area contributed by atoms with Crippen LogP contribution in [0, 0.1) is 23.0 Å². The Morgan fingerprint density at radius 2 is 2.15 bits per heavy atom. The number of benzene rings is 1. The number of hydrogen-bond donors (Lipinski definition) is 2. The number of nitrogens with zero attached hydrogens (tertiary/aromatic N) is 5. The molecule has 0 radical (unpaired) electrons. The van der Waals surface area contributed by atoms with Crippen LogP contribution in [0.4, 0.5) is 18.6 Å². The van der Waals surface area contributed by atoms with Crippen molar-refractivity contribution in [2.75, 3.05) is 38.7 Å². The van der Waals surface area contributed by atoms with Gasteiger partial charge in [0, 0.05) is 35.6 Å². The molecule has 0 unspecified atom stereocenters. The van der Waals surface area contributed by atoms with Gasteiger partial charge in [0.25, 0.3) is 0 Å². The molecule has 2 aliphatic rings. The van der Waals surface area contributed by atoms with Gasteiger partial charge in [0.2, 0.25) is 0 Å². The molecule has 1 fully saturated rings. The summed E-state index contributed by atoms with van der Waals surface area (Å²) in [5.74, 6) is -1.53. The van der Waals surface area contributed by atoms with Crippen LogP contribution >= 0.6 is 11.3 Å². The number of rotatable bonds is 5. The number of hydrogen-bond acceptors (Lipinski definition) is 10. The summed E-state index contributed by atoms with van der Waals surface area (Å²) in [6.45, 7) is 2.46. The van der Waals surface area contributed by atoms with Gasteiger partial charge in [-0.2, -0.15) is 10.2 Å². The average Bonchev–Trinajstić information content (AvgIpc) is 3.54. The number of amides is 1. The molecule has 2 N–H and O–H groups in total. The second kappa shape index (κ2) is 9.93. The zero-order valence-electron chi connectivity index (χ0n) is 20.5. The van der Waals surface area contributed by atoms with Crippen LogP contribution in [0.1, 0.15) is 16.7 Å². The molecule has 2 aliphatic heterocycles. The van der Waals surface area contributed by atoms with Gasteiger partial charge in [0.1, 0.15) is 29.3 Å². The first-order valence-electron chi connectivity index (χ1n) is 11.9. The summed E-state index contributed by atoms with van der Waals surface area (Å²) in [6, 6.07) is 1.87. The molecule has 0 aliphatic carbocycles. The third-order valence-electron chi connectivity index (χ3n) is 6.66. The number of thiophene rings is 1. The highest BCUT2D eigenvalue weighted by atomic mass is 32.1. The minimum absolute atomic E-state index is 0.00179. The molecule has 3 aromatic heterocycles. The first kappa shape index (κ1) is 25.3. The number of pyridine rings is 1. The lowest BCUT2D eigenvalue weighted by atomic mass is 9.94. The van der Waals surface area contributed by atoms with Crippen LogP contribution in [0.3, 0.4) is 0 Å². The van der Waals surface area contributed by atoms with Gasteiger partial charge in [-0.05, 0) is 18.2 Å². The summed E-state index contributed by atoms with van der Waals surface area (Å²) in [5.41, 5.74) is 0.895. The quantitative estimate of drug-likeness (QED) is 0.373. The van der Waals surface area contributed by atoms with Gasteiger partial charge in [-0.15, -0.1) is 11.3 Å². The fourth-order valence-corrected chi connectivity index (χ4v) is 5.94. The summed E-state index contributed by atoms with van der Waals surface area (Å²) in [7, 11) is 1.98. The standard InChI is InChI=1S/C25H20F2N6O5S/c1-33-2-3-37-11(7-33)8-38-24-30-5-13-14-9-36-10-15(14)17(19(27)20(13)31-24)21-18-12(4-28)23(32-25(34)35)39-22(18)16(26)6-29-21/h5-6,11,32H,2-3,7-10H2,1H3,(H,34,35)/t11-/m0/s1. The lowest BCUT2D eigenvalue weighted by Crippen LogP contribution is -2.42. The maximum atomic E-state index is 16.4. The van der Waals surface area contributed by atoms with Crippen LogP contribution in [-0.2, 0) is 22.7 Å². The Balaban J connectivity index is 1.50. The summed E-state index contributed by atoms with van der Waals surface area (Å²) >= 11 is 0.734. The van der Waals surface area contributed by atoms with Crippen LogP contribution in [0.5, 0.6) is 6.01 Å². The average molecular weight is 555 g/mol. The second-order valence-electron chi connectivity index (χ2n) is 9.13. The van der Waals surface area contributed by atoms with Gasteiger partial charge >= 0.3 is 12.1 Å². The van der Waals surface area contributed by atoms with Gasteiger partial charge in [0.05, 0.1) is 42.0 Å². The van der Waals surface area contributed by atoms with E-state index < -0.39 is 17.7 Å². The van der Waals surface area contributed by atoms with Crippen LogP contribution in [0.2, 0.25) is 0 Å². The van der Waals surface area contributed by atoms with Crippen molar-refractivity contribution in [3.8, 4) is 23.3 Å². The fourth-order valence-electron chi connectivity index (χ4n) is 4.90. The zero-order valence-corrected chi connectivity index (χ0v) is 21.3. The number of halogens is 2. The topological polar surface area (TPSA) is 143 Å². The molecule has 0 bridgehead atoms. The molecular weight excluding hydrogens is 534 g/mol. The highest BCUT2D eigenvalue weighted by molar-refractivity contribution is 7.23. The summed E-state index contributed by atoms with van der Waals surface area (Å²) in [6.07, 6.45) is 0.778. The molecule has 39 heavy (non-hydrogen) atoms. The number of nitrogens with one attached hydrogen (secondary N) is 1. The van der Waals surface area contributed by atoms with Crippen molar-refractivity contribution in [1.29, 1.82) is 5.26 Å². The number of fused-ring (bicyclic) bond motifs is 4. The Morgan fingerprint density at radius 1 is 1.33 bits per heavy atom. The highest BCUT2D eigenvalue weighted by Crippen LogP contribution is 2.45. The van der Waals surface area contributed by atoms with Crippen molar-refractivity contribution in [1.82, 2.24) is 19.9 Å². The molecule has 14 heteroatoms. The van der Waals surface area contributed by atoms with E-state index in [1.54, 1.807) is 0 Å². The van der Waals surface area contributed by atoms with Crippen molar-refractivity contribution in [3.63, 3.8) is 0 Å². The van der Waals surface area contributed by atoms with Crippen LogP contribution in [-0.4, -0.2) is 70.5 Å². The molecule has 11 nitrogen and oxygen atoms in total. The van der Waals surface area contributed by atoms with E-state index in [4.69, 9.17) is 14.2 Å². The molecule has 200 valence electrons. The number of aromatic nitrogens is 3. The Labute approximate surface area is 223 Å². The summed E-state index contributed by atoms with van der Waals surface area (Å²) in [5, 5.41) is 21.5. The minimum atomic E-state index is -1.42. The van der Waals surface area contributed by atoms with Gasteiger partial charge in [0.15, 0.2) is 11.6 Å². The van der Waals surface area contributed by atoms with Crippen LogP contribution < -0.4 is 10.1 Å². The van der Waals surface area contributed by atoms with E-state index >= 15 is 4.39 Å². The minimum Gasteiger partial charge on any atom is -0.465 e. The van der Waals surface area contributed by atoms with E-state index in [2.05, 4.69) is 25.2 Å². The highest BCUT2D eigenvalue weighted by Gasteiger charge is 2.30. The normalized spacial score (nSPS) is 17.3. The number of carboxylic acid groups (broad SMARTS) is 1. The molecule has 6 rings (SSSR count). The summed E-state index contributed by atoms with van der Waals surface area (Å²) in [4.78, 5) is 26.1. The van der Waals surface area contributed by atoms with Crippen molar-refractivity contribution in [2.45, 2.75) is 19.3 Å². The predicted octanol–water partition coefficient (Wildman–Crippen LogP) is 3.89. The Morgan fingerprint density at radius 3 is 2.92 bits per heavy atom. The van der Waals surface area contributed by atoms with Crippen molar-refractivity contribution in [3.05, 3.63) is 40.7 Å². The number of likely N-dealkylation sites (N-methyl/N-ethyl adjacent to an activating group) is 1. The van der Waals surface area contributed by atoms with E-state index in [0.717, 1.165) is 24.1 Å². The Bertz CT molecular complexity index is 1690. The number of ether oxygens (including phenoxy) is 3. The van der Waals surface area contributed by atoms with E-state index in [9.17, 15) is 19.6 Å². The van der Waals surface area contributed by atoms with Gasteiger partial charge in [-0.1, -0.05) is 0 Å². The van der Waals surface area contributed by atoms with Crippen LogP contribution in [0.25, 0.3) is 32.2 Å². The maximum absolute atomic E-state index is 16.4. The van der Waals surface area contributed by atoms with Gasteiger partial charge in [-0.3, -0.25) is 10.3 Å². The van der Waals surface area contributed by atoms with Crippen molar-refractivity contribution < 1.29 is 32.9 Å². The number of anilines is 1. The second-order valence-corrected chi connectivity index (χ2v) is 10.1. The molecule has 5 heterocycles. The van der Waals surface area contributed by atoms with Crippen LogP contribution in [0.15, 0.2) is 12.4 Å². The smallest absolute Gasteiger partial charge is 0.409 e.